The second kappa shape index (κ2) is 7.75. The molecule has 0 fully saturated rings. The highest BCUT2D eigenvalue weighted by atomic mass is 16.3. The Hall–Kier alpha value is -4.30. The van der Waals surface area contributed by atoms with E-state index in [4.69, 9.17) is 4.42 Å². The van der Waals surface area contributed by atoms with E-state index in [0.717, 1.165) is 49.7 Å². The molecule has 0 radical (unpaired) electrons. The molecule has 0 saturated carbocycles. The van der Waals surface area contributed by atoms with E-state index >= 15 is 0 Å². The number of hydrogen-bond acceptors (Lipinski definition) is 1. The van der Waals surface area contributed by atoms with E-state index in [0.29, 0.717) is 0 Å². The second-order valence-electron chi connectivity index (χ2n) is 7.85. The summed E-state index contributed by atoms with van der Waals surface area (Å²) in [5, 5.41) is 3.45. The molecule has 2 nitrogen and oxygen atoms in total. The van der Waals surface area contributed by atoms with Crippen LogP contribution in [0, 0.1) is 0 Å². The Labute approximate surface area is 186 Å². The minimum absolute atomic E-state index is 0.920. The maximum atomic E-state index is 6.29. The van der Waals surface area contributed by atoms with Crippen molar-refractivity contribution in [2.45, 2.75) is 0 Å². The molecule has 6 aromatic rings. The lowest BCUT2D eigenvalue weighted by Crippen LogP contribution is -1.94. The fourth-order valence-corrected chi connectivity index (χ4v) is 4.37. The van der Waals surface area contributed by atoms with Crippen LogP contribution in [0.5, 0.6) is 0 Å². The molecule has 0 unspecified atom stereocenters. The summed E-state index contributed by atoms with van der Waals surface area (Å²) in [5.41, 5.74) is 6.35. The zero-order chi connectivity index (χ0) is 21.3. The summed E-state index contributed by atoms with van der Waals surface area (Å²) in [5.74, 6) is 0. The van der Waals surface area contributed by atoms with Gasteiger partial charge in [0, 0.05) is 28.2 Å². The first-order valence-electron chi connectivity index (χ1n) is 10.8. The fraction of sp³-hybridized carbons (Fsp3) is 0. The number of fused-ring (bicyclic) bond motifs is 4. The van der Waals surface area contributed by atoms with Crippen LogP contribution in [0.2, 0.25) is 0 Å². The van der Waals surface area contributed by atoms with Crippen LogP contribution in [0.4, 0.5) is 0 Å². The van der Waals surface area contributed by atoms with Gasteiger partial charge in [-0.25, -0.2) is 0 Å². The van der Waals surface area contributed by atoms with Gasteiger partial charge < -0.3 is 8.98 Å². The zero-order valence-corrected chi connectivity index (χ0v) is 17.5. The number of benzene rings is 4. The molecule has 0 spiro atoms. The molecule has 0 aliphatic heterocycles. The van der Waals surface area contributed by atoms with E-state index in [1.54, 1.807) is 0 Å². The van der Waals surface area contributed by atoms with Gasteiger partial charge in [0.05, 0.1) is 5.52 Å². The fourth-order valence-electron chi connectivity index (χ4n) is 4.37. The van der Waals surface area contributed by atoms with Crippen LogP contribution in [0.1, 0.15) is 0 Å². The molecule has 152 valence electrons. The van der Waals surface area contributed by atoms with Crippen molar-refractivity contribution < 1.29 is 4.42 Å². The third-order valence-electron chi connectivity index (χ3n) is 5.88. The van der Waals surface area contributed by atoms with Crippen LogP contribution >= 0.6 is 0 Å². The Bertz CT molecular complexity index is 1620. The molecule has 0 amide bonds. The first kappa shape index (κ1) is 18.5. The third kappa shape index (κ3) is 3.14. The van der Waals surface area contributed by atoms with Crippen LogP contribution in [-0.4, -0.2) is 4.57 Å². The first-order chi connectivity index (χ1) is 15.9. The predicted octanol–water partition coefficient (Wildman–Crippen LogP) is 8.32. The van der Waals surface area contributed by atoms with E-state index in [-0.39, 0.29) is 0 Å². The van der Waals surface area contributed by atoms with Crippen molar-refractivity contribution in [1.29, 1.82) is 0 Å². The summed E-state index contributed by atoms with van der Waals surface area (Å²) >= 11 is 0. The van der Waals surface area contributed by atoms with Gasteiger partial charge in [0.2, 0.25) is 0 Å². The number of aromatic nitrogens is 1. The lowest BCUT2D eigenvalue weighted by Gasteiger charge is -2.10. The molecule has 0 aliphatic carbocycles. The Morgan fingerprint density at radius 2 is 1.31 bits per heavy atom. The molecular weight excluding hydrogens is 390 g/mol. The Morgan fingerprint density at radius 1 is 0.562 bits per heavy atom. The lowest BCUT2D eigenvalue weighted by molar-refractivity contribution is 0.670. The molecule has 2 heterocycles. The highest BCUT2D eigenvalue weighted by molar-refractivity contribution is 6.09. The van der Waals surface area contributed by atoms with Crippen molar-refractivity contribution >= 4 is 32.8 Å². The van der Waals surface area contributed by atoms with Crippen LogP contribution in [-0.2, 0) is 0 Å². The normalized spacial score (nSPS) is 11.1. The molecule has 0 bridgehead atoms. The van der Waals surface area contributed by atoms with Gasteiger partial charge in [-0.05, 0) is 47.3 Å². The highest BCUT2D eigenvalue weighted by Gasteiger charge is 2.12. The van der Waals surface area contributed by atoms with E-state index < -0.39 is 0 Å². The number of furan rings is 1. The average Bonchev–Trinajstić information content (AvgIpc) is 3.27. The number of para-hydroxylation sites is 3. The minimum Gasteiger partial charge on any atom is -0.455 e. The summed E-state index contributed by atoms with van der Waals surface area (Å²) in [6, 6.07) is 42.1. The van der Waals surface area contributed by atoms with Gasteiger partial charge in [0.25, 0.3) is 0 Å². The van der Waals surface area contributed by atoms with E-state index in [2.05, 4.69) is 108 Å². The molecule has 0 atom stereocenters. The highest BCUT2D eigenvalue weighted by Crippen LogP contribution is 2.36. The molecule has 0 saturated heterocycles. The van der Waals surface area contributed by atoms with Crippen LogP contribution in [0.15, 0.2) is 132 Å². The topological polar surface area (TPSA) is 18.1 Å². The van der Waals surface area contributed by atoms with Crippen molar-refractivity contribution in [3.8, 4) is 16.8 Å². The van der Waals surface area contributed by atoms with Gasteiger partial charge in [-0.2, -0.15) is 0 Å². The van der Waals surface area contributed by atoms with Crippen molar-refractivity contribution in [3.05, 3.63) is 128 Å². The van der Waals surface area contributed by atoms with Gasteiger partial charge in [-0.15, -0.1) is 0 Å². The Morgan fingerprint density at radius 3 is 2.25 bits per heavy atom. The van der Waals surface area contributed by atoms with Crippen molar-refractivity contribution in [1.82, 2.24) is 4.57 Å². The molecule has 6 rings (SSSR count). The SMILES string of the molecule is c1ccc(-n2ccccccc3cc(-c4cccc5c4oc4ccccc45)ccc32)cc1. The molecule has 2 aromatic heterocycles. The van der Waals surface area contributed by atoms with Gasteiger partial charge in [0.15, 0.2) is 0 Å². The summed E-state index contributed by atoms with van der Waals surface area (Å²) in [7, 11) is 0. The van der Waals surface area contributed by atoms with Crippen LogP contribution in [0.3, 0.4) is 0 Å². The summed E-state index contributed by atoms with van der Waals surface area (Å²) in [6.07, 6.45) is 2.11. The zero-order valence-electron chi connectivity index (χ0n) is 17.5. The molecular formula is C30H21NO. The predicted molar refractivity (Wildman–Crippen MR) is 134 cm³/mol. The lowest BCUT2D eigenvalue weighted by atomic mass is 10.0. The molecule has 0 aliphatic rings. The maximum absolute atomic E-state index is 6.29. The summed E-state index contributed by atoms with van der Waals surface area (Å²) in [4.78, 5) is 0. The monoisotopic (exact) mass is 411 g/mol. The van der Waals surface area contributed by atoms with Crippen molar-refractivity contribution in [3.63, 3.8) is 0 Å². The van der Waals surface area contributed by atoms with E-state index in [9.17, 15) is 0 Å². The Kier molecular flexibility index (Phi) is 4.47. The number of hydrogen-bond donors (Lipinski definition) is 0. The molecule has 32 heavy (non-hydrogen) atoms. The van der Waals surface area contributed by atoms with E-state index in [1.165, 1.54) is 0 Å². The first-order valence-corrected chi connectivity index (χ1v) is 10.8. The van der Waals surface area contributed by atoms with Gasteiger partial charge in [0.1, 0.15) is 11.2 Å². The molecule has 4 aromatic carbocycles. The molecule has 2 heteroatoms. The average molecular weight is 412 g/mol. The second-order valence-corrected chi connectivity index (χ2v) is 7.85. The van der Waals surface area contributed by atoms with Gasteiger partial charge >= 0.3 is 0 Å². The quantitative estimate of drug-likeness (QED) is 0.280. The molecule has 0 N–H and O–H groups in total. The van der Waals surface area contributed by atoms with Crippen LogP contribution in [0.25, 0.3) is 49.7 Å². The number of rotatable bonds is 2. The van der Waals surface area contributed by atoms with Crippen molar-refractivity contribution in [2.75, 3.05) is 0 Å². The van der Waals surface area contributed by atoms with Gasteiger partial charge in [-0.1, -0.05) is 84.9 Å². The smallest absolute Gasteiger partial charge is 0.143 e. The largest absolute Gasteiger partial charge is 0.455 e. The summed E-state index contributed by atoms with van der Waals surface area (Å²) in [6.45, 7) is 0. The van der Waals surface area contributed by atoms with E-state index in [1.807, 2.05) is 24.3 Å². The van der Waals surface area contributed by atoms with Gasteiger partial charge in [-0.3, -0.25) is 0 Å². The van der Waals surface area contributed by atoms with Crippen molar-refractivity contribution in [2.24, 2.45) is 0 Å². The minimum atomic E-state index is 0.920. The standard InChI is InChI=1S/C30H21NO/c1-2-9-20-31(24-12-5-3-6-13-24)28-19-18-22(21-23(28)11-4-1)25-15-10-16-27-26-14-7-8-17-29(26)32-30(25)27/h1-21H. The maximum Gasteiger partial charge on any atom is 0.143 e. The number of nitrogens with zero attached hydrogens (tertiary/aromatic N) is 1. The van der Waals surface area contributed by atoms with Crippen LogP contribution < -0.4 is 0 Å². The Balaban J connectivity index is 1.63. The summed E-state index contributed by atoms with van der Waals surface area (Å²) < 4.78 is 8.51. The third-order valence-corrected chi connectivity index (χ3v) is 5.88.